The van der Waals surface area contributed by atoms with Crippen LogP contribution in [0.3, 0.4) is 0 Å². The van der Waals surface area contributed by atoms with Gasteiger partial charge in [-0.25, -0.2) is 0 Å². The van der Waals surface area contributed by atoms with E-state index in [9.17, 15) is 4.79 Å². The first kappa shape index (κ1) is 19.6. The highest BCUT2D eigenvalue weighted by Crippen LogP contribution is 2.28. The number of carbonyl (C=O) groups is 1. The molecule has 1 amide bonds. The molecule has 29 heavy (non-hydrogen) atoms. The zero-order valence-corrected chi connectivity index (χ0v) is 17.2. The number of hydrogen-bond donors (Lipinski definition) is 0. The second-order valence-electron chi connectivity index (χ2n) is 7.59. The Morgan fingerprint density at radius 2 is 1.93 bits per heavy atom. The van der Waals surface area contributed by atoms with Crippen molar-refractivity contribution in [3.63, 3.8) is 0 Å². The van der Waals surface area contributed by atoms with Gasteiger partial charge in [-0.2, -0.15) is 4.98 Å². The molecule has 0 saturated heterocycles. The zero-order chi connectivity index (χ0) is 20.2. The van der Waals surface area contributed by atoms with Gasteiger partial charge < -0.3 is 9.42 Å². The van der Waals surface area contributed by atoms with E-state index < -0.39 is 0 Å². The fourth-order valence-corrected chi connectivity index (χ4v) is 4.13. The fourth-order valence-electron chi connectivity index (χ4n) is 3.92. The summed E-state index contributed by atoms with van der Waals surface area (Å²) in [6.45, 7) is 2.31. The van der Waals surface area contributed by atoms with Crippen molar-refractivity contribution in [2.24, 2.45) is 0 Å². The van der Waals surface area contributed by atoms with Crippen LogP contribution in [0.4, 0.5) is 0 Å². The molecule has 0 N–H and O–H groups in total. The van der Waals surface area contributed by atoms with Crippen molar-refractivity contribution < 1.29 is 9.32 Å². The van der Waals surface area contributed by atoms with Crippen LogP contribution in [-0.4, -0.2) is 27.0 Å². The maximum absolute atomic E-state index is 13.3. The van der Waals surface area contributed by atoms with Crippen molar-refractivity contribution in [2.45, 2.75) is 51.6 Å². The van der Waals surface area contributed by atoms with Crippen molar-refractivity contribution in [3.05, 3.63) is 70.6 Å². The molecule has 1 aliphatic carbocycles. The maximum atomic E-state index is 13.3. The second-order valence-corrected chi connectivity index (χ2v) is 7.99. The summed E-state index contributed by atoms with van der Waals surface area (Å²) in [7, 11) is 0. The van der Waals surface area contributed by atoms with E-state index in [1.165, 1.54) is 6.42 Å². The largest absolute Gasteiger partial charge is 0.337 e. The molecule has 1 saturated carbocycles. The van der Waals surface area contributed by atoms with Crippen molar-refractivity contribution in [1.82, 2.24) is 15.0 Å². The van der Waals surface area contributed by atoms with Gasteiger partial charge in [0.1, 0.15) is 6.54 Å². The summed E-state index contributed by atoms with van der Waals surface area (Å²) in [5.41, 5.74) is 2.55. The van der Waals surface area contributed by atoms with E-state index in [4.69, 9.17) is 16.1 Å². The number of carbonyl (C=O) groups excluding carboxylic acids is 1. The van der Waals surface area contributed by atoms with E-state index in [1.54, 1.807) is 12.1 Å². The molecular weight excluding hydrogens is 386 g/mol. The van der Waals surface area contributed by atoms with E-state index in [0.29, 0.717) is 22.3 Å². The molecule has 5 nitrogen and oxygen atoms in total. The minimum atomic E-state index is -0.0854. The molecule has 0 atom stereocenters. The molecular formula is C23H24ClN3O2. The number of benzene rings is 2. The number of amides is 1. The van der Waals surface area contributed by atoms with Crippen LogP contribution in [-0.2, 0) is 6.54 Å². The Morgan fingerprint density at radius 3 is 2.69 bits per heavy atom. The van der Waals surface area contributed by atoms with Crippen molar-refractivity contribution in [1.29, 1.82) is 0 Å². The maximum Gasteiger partial charge on any atom is 0.256 e. The summed E-state index contributed by atoms with van der Waals surface area (Å²) in [5, 5.41) is 4.59. The van der Waals surface area contributed by atoms with Crippen molar-refractivity contribution >= 4 is 17.5 Å². The summed E-state index contributed by atoms with van der Waals surface area (Å²) in [4.78, 5) is 19.7. The molecule has 0 radical (unpaired) electrons. The molecule has 0 aliphatic heterocycles. The molecule has 0 bridgehead atoms. The minimum absolute atomic E-state index is 0.0854. The number of nitrogens with zero attached hydrogens (tertiary/aromatic N) is 3. The topological polar surface area (TPSA) is 59.2 Å². The Bertz CT molecular complexity index is 995. The summed E-state index contributed by atoms with van der Waals surface area (Å²) in [5.74, 6) is 0.891. The lowest BCUT2D eigenvalue weighted by Crippen LogP contribution is -2.41. The summed E-state index contributed by atoms with van der Waals surface area (Å²) in [6, 6.07) is 15.3. The molecule has 150 valence electrons. The first-order valence-corrected chi connectivity index (χ1v) is 10.4. The van der Waals surface area contributed by atoms with Gasteiger partial charge in [-0.05, 0) is 38.0 Å². The van der Waals surface area contributed by atoms with Crippen molar-refractivity contribution in [3.8, 4) is 11.4 Å². The zero-order valence-electron chi connectivity index (χ0n) is 16.5. The van der Waals surface area contributed by atoms with Gasteiger partial charge in [-0.3, -0.25) is 4.79 Å². The Morgan fingerprint density at radius 1 is 1.14 bits per heavy atom. The standard InChI is InChI=1S/C23H24ClN3O2/c1-16-8-7-9-17(14-16)22-25-21(29-26-22)15-27(18-10-3-2-4-11-18)23(28)19-12-5-6-13-20(19)24/h5-9,12-14,18H,2-4,10-11,15H2,1H3. The van der Waals surface area contributed by atoms with Crippen LogP contribution in [0.25, 0.3) is 11.4 Å². The third kappa shape index (κ3) is 4.51. The van der Waals surface area contributed by atoms with Gasteiger partial charge in [0, 0.05) is 11.6 Å². The lowest BCUT2D eigenvalue weighted by atomic mass is 9.93. The van der Waals surface area contributed by atoms with Gasteiger partial charge in [0.05, 0.1) is 10.6 Å². The van der Waals surface area contributed by atoms with Crippen LogP contribution >= 0.6 is 11.6 Å². The molecule has 2 aromatic carbocycles. The first-order chi connectivity index (χ1) is 14.1. The van der Waals surface area contributed by atoms with Gasteiger partial charge in [0.2, 0.25) is 11.7 Å². The molecule has 0 spiro atoms. The van der Waals surface area contributed by atoms with Crippen molar-refractivity contribution in [2.75, 3.05) is 0 Å². The third-order valence-corrected chi connectivity index (χ3v) is 5.76. The average Bonchev–Trinajstić information content (AvgIpc) is 3.21. The monoisotopic (exact) mass is 409 g/mol. The second kappa shape index (κ2) is 8.78. The highest BCUT2D eigenvalue weighted by atomic mass is 35.5. The highest BCUT2D eigenvalue weighted by molar-refractivity contribution is 6.33. The van der Waals surface area contributed by atoms with E-state index in [1.807, 2.05) is 48.2 Å². The van der Waals surface area contributed by atoms with Crippen LogP contribution < -0.4 is 0 Å². The number of halogens is 1. The summed E-state index contributed by atoms with van der Waals surface area (Å²) in [6.07, 6.45) is 5.41. The number of aryl methyl sites for hydroxylation is 1. The molecule has 1 aromatic heterocycles. The quantitative estimate of drug-likeness (QED) is 0.544. The number of aromatic nitrogens is 2. The van der Waals surface area contributed by atoms with Crippen LogP contribution in [0.15, 0.2) is 53.1 Å². The Kier molecular flexibility index (Phi) is 5.95. The van der Waals surface area contributed by atoms with Crippen LogP contribution in [0, 0.1) is 6.92 Å². The summed E-state index contributed by atoms with van der Waals surface area (Å²) >= 11 is 6.31. The van der Waals surface area contributed by atoms with Crippen LogP contribution in [0.5, 0.6) is 0 Å². The van der Waals surface area contributed by atoms with Gasteiger partial charge in [0.15, 0.2) is 0 Å². The van der Waals surface area contributed by atoms with E-state index in [2.05, 4.69) is 10.1 Å². The predicted octanol–water partition coefficient (Wildman–Crippen LogP) is 5.67. The van der Waals surface area contributed by atoms with Gasteiger partial charge in [0.25, 0.3) is 5.91 Å². The minimum Gasteiger partial charge on any atom is -0.337 e. The molecule has 1 aliphatic rings. The van der Waals surface area contributed by atoms with Crippen LogP contribution in [0.2, 0.25) is 5.02 Å². The Balaban J connectivity index is 1.60. The Hall–Kier alpha value is -2.66. The molecule has 4 rings (SSSR count). The van der Waals surface area contributed by atoms with E-state index in [-0.39, 0.29) is 18.5 Å². The predicted molar refractivity (Wildman–Crippen MR) is 113 cm³/mol. The Labute approximate surface area is 175 Å². The van der Waals surface area contributed by atoms with Crippen LogP contribution in [0.1, 0.15) is 53.9 Å². The molecule has 6 heteroatoms. The fraction of sp³-hybridized carbons (Fsp3) is 0.348. The molecule has 0 unspecified atom stereocenters. The number of hydrogen-bond acceptors (Lipinski definition) is 4. The van der Waals surface area contributed by atoms with Gasteiger partial charge >= 0.3 is 0 Å². The normalized spacial score (nSPS) is 14.7. The SMILES string of the molecule is Cc1cccc(-c2noc(CN(C(=O)c3ccccc3Cl)C3CCCCC3)n2)c1. The lowest BCUT2D eigenvalue weighted by molar-refractivity contribution is 0.0586. The lowest BCUT2D eigenvalue weighted by Gasteiger charge is -2.33. The van der Waals surface area contributed by atoms with Gasteiger partial charge in [-0.1, -0.05) is 71.9 Å². The third-order valence-electron chi connectivity index (χ3n) is 5.43. The highest BCUT2D eigenvalue weighted by Gasteiger charge is 2.29. The first-order valence-electron chi connectivity index (χ1n) is 10.1. The molecule has 1 fully saturated rings. The molecule has 1 heterocycles. The van der Waals surface area contributed by atoms with Gasteiger partial charge in [-0.15, -0.1) is 0 Å². The van der Waals surface area contributed by atoms with E-state index >= 15 is 0 Å². The average molecular weight is 410 g/mol. The molecule has 3 aromatic rings. The smallest absolute Gasteiger partial charge is 0.256 e. The number of rotatable bonds is 5. The summed E-state index contributed by atoms with van der Waals surface area (Å²) < 4.78 is 5.51. The van der Waals surface area contributed by atoms with E-state index in [0.717, 1.165) is 36.8 Å².